The first-order valence-electron chi connectivity index (χ1n) is 38.1. The van der Waals surface area contributed by atoms with Gasteiger partial charge in [0.15, 0.2) is 12.2 Å². The Morgan fingerprint density at radius 2 is 0.500 bits per heavy atom. The Morgan fingerprint density at radius 1 is 0.293 bits per heavy atom. The normalized spacial score (nSPS) is 14.0. The van der Waals surface area contributed by atoms with E-state index in [0.717, 1.165) is 95.8 Å². The number of unbranched alkanes of at least 4 members (excludes halogenated alkanes) is 45. The van der Waals surface area contributed by atoms with Gasteiger partial charge in [0, 0.05) is 25.7 Å². The Hall–Kier alpha value is -1.94. The molecule has 546 valence electrons. The second-order valence-corrected chi connectivity index (χ2v) is 29.7. The van der Waals surface area contributed by atoms with Crippen LogP contribution in [0.1, 0.15) is 381 Å². The molecule has 0 heterocycles. The molecule has 0 aromatic carbocycles. The van der Waals surface area contributed by atoms with Crippen LogP contribution in [0.5, 0.6) is 0 Å². The predicted octanol–water partition coefficient (Wildman–Crippen LogP) is 21.3. The minimum atomic E-state index is -4.95. The summed E-state index contributed by atoms with van der Waals surface area (Å²) in [5.41, 5.74) is 0. The molecule has 5 atom stereocenters. The van der Waals surface area contributed by atoms with Crippen LogP contribution in [0.25, 0.3) is 0 Å². The molecule has 19 heteroatoms. The molecule has 17 nitrogen and oxygen atoms in total. The summed E-state index contributed by atoms with van der Waals surface area (Å²) in [6, 6.07) is 0. The molecule has 0 rings (SSSR count). The van der Waals surface area contributed by atoms with E-state index in [1.54, 1.807) is 0 Å². The van der Waals surface area contributed by atoms with Gasteiger partial charge in [-0.1, -0.05) is 330 Å². The summed E-state index contributed by atoms with van der Waals surface area (Å²) in [6.45, 7) is 7.29. The maximum absolute atomic E-state index is 13.0. The molecule has 0 fully saturated rings. The van der Waals surface area contributed by atoms with E-state index in [2.05, 4.69) is 34.6 Å². The molecule has 3 N–H and O–H groups in total. The van der Waals surface area contributed by atoms with Gasteiger partial charge in [-0.15, -0.1) is 0 Å². The van der Waals surface area contributed by atoms with Crippen LogP contribution >= 0.6 is 15.6 Å². The fourth-order valence-electron chi connectivity index (χ4n) is 11.2. The lowest BCUT2D eigenvalue weighted by molar-refractivity contribution is -0.161. The number of phosphoric ester groups is 2. The SMILES string of the molecule is CCCCCCCCCCCCCCC(=O)OC[C@H](COP(=O)(O)OC[C@H](O)COP(=O)(O)OC[C@@H](COC(=O)CCCCCCCCCCCCCC)OC(=O)CCCCCCCCCCCCCCCC(C)C)OC(=O)CCCCCCCCCCCCCC. The third-order valence-electron chi connectivity index (χ3n) is 17.0. The zero-order chi connectivity index (χ0) is 67.7. The number of aliphatic hydroxyl groups excluding tert-OH is 1. The first-order valence-corrected chi connectivity index (χ1v) is 41.1. The number of carbonyl (C=O) groups excluding carboxylic acids is 4. The molecule has 0 saturated heterocycles. The van der Waals surface area contributed by atoms with Crippen molar-refractivity contribution in [1.29, 1.82) is 0 Å². The van der Waals surface area contributed by atoms with Gasteiger partial charge in [0.1, 0.15) is 19.3 Å². The lowest BCUT2D eigenvalue weighted by Crippen LogP contribution is -2.30. The zero-order valence-electron chi connectivity index (χ0n) is 59.7. The number of hydrogen-bond acceptors (Lipinski definition) is 15. The van der Waals surface area contributed by atoms with Crippen LogP contribution in [0.2, 0.25) is 0 Å². The summed E-state index contributed by atoms with van der Waals surface area (Å²) in [5, 5.41) is 10.6. The molecule has 0 amide bonds. The van der Waals surface area contributed by atoms with E-state index in [0.29, 0.717) is 25.7 Å². The Labute approximate surface area is 562 Å². The molecule has 0 aliphatic carbocycles. The van der Waals surface area contributed by atoms with Crippen molar-refractivity contribution in [3.05, 3.63) is 0 Å². The molecule has 0 aromatic heterocycles. The maximum Gasteiger partial charge on any atom is 0.472 e. The fourth-order valence-corrected chi connectivity index (χ4v) is 12.8. The monoisotopic (exact) mass is 1350 g/mol. The second kappa shape index (κ2) is 66.3. The largest absolute Gasteiger partial charge is 0.472 e. The third-order valence-corrected chi connectivity index (χ3v) is 18.9. The second-order valence-electron chi connectivity index (χ2n) is 26.8. The Kier molecular flexibility index (Phi) is 64.9. The number of ether oxygens (including phenoxy) is 4. The van der Waals surface area contributed by atoms with Crippen LogP contribution in [0.4, 0.5) is 0 Å². The lowest BCUT2D eigenvalue weighted by Gasteiger charge is -2.21. The number of phosphoric acid groups is 2. The third kappa shape index (κ3) is 66.7. The highest BCUT2D eigenvalue weighted by molar-refractivity contribution is 7.47. The highest BCUT2D eigenvalue weighted by atomic mass is 31.2. The van der Waals surface area contributed by atoms with Crippen molar-refractivity contribution in [2.24, 2.45) is 5.92 Å². The molecule has 0 bridgehead atoms. The van der Waals surface area contributed by atoms with Crippen LogP contribution < -0.4 is 0 Å². The fraction of sp³-hybridized carbons (Fsp3) is 0.945. The average molecular weight is 1350 g/mol. The van der Waals surface area contributed by atoms with Crippen molar-refractivity contribution in [3.63, 3.8) is 0 Å². The van der Waals surface area contributed by atoms with Gasteiger partial charge in [-0.25, -0.2) is 9.13 Å². The smallest absolute Gasteiger partial charge is 0.462 e. The van der Waals surface area contributed by atoms with E-state index in [1.807, 2.05) is 0 Å². The van der Waals surface area contributed by atoms with Crippen LogP contribution in [0.3, 0.4) is 0 Å². The minimum Gasteiger partial charge on any atom is -0.462 e. The summed E-state index contributed by atoms with van der Waals surface area (Å²) < 4.78 is 68.4. The van der Waals surface area contributed by atoms with Gasteiger partial charge < -0.3 is 33.8 Å². The van der Waals surface area contributed by atoms with Gasteiger partial charge in [0.05, 0.1) is 26.4 Å². The standard InChI is InChI=1S/C73H142O17P2/c1-6-9-12-15-18-21-24-31-36-41-46-51-56-70(75)83-62-68(89-72(77)58-53-48-43-38-33-26-23-20-17-14-11-8-3)64-87-91(79,80)85-60-67(74)61-86-92(81,82)88-65-69(63-84-71(76)57-52-47-42-37-32-25-22-19-16-13-10-7-2)90-73(78)59-54-49-44-39-34-29-27-28-30-35-40-45-50-55-66(4)5/h66-69,74H,6-65H2,1-5H3,(H,79,80)(H,81,82)/t67-,68+,69+/m0/s1. The van der Waals surface area contributed by atoms with Gasteiger partial charge in [0.25, 0.3) is 0 Å². The number of hydrogen-bond donors (Lipinski definition) is 3. The predicted molar refractivity (Wildman–Crippen MR) is 372 cm³/mol. The van der Waals surface area contributed by atoms with Gasteiger partial charge in [0.2, 0.25) is 0 Å². The summed E-state index contributed by atoms with van der Waals surface area (Å²) in [6.07, 6.45) is 53.8. The number of rotatable bonds is 73. The molecule has 0 aliphatic heterocycles. The summed E-state index contributed by atoms with van der Waals surface area (Å²) in [4.78, 5) is 72.7. The lowest BCUT2D eigenvalue weighted by atomic mass is 10.0. The molecular weight excluding hydrogens is 1210 g/mol. The van der Waals surface area contributed by atoms with E-state index in [1.165, 1.54) is 205 Å². The van der Waals surface area contributed by atoms with E-state index < -0.39 is 97.5 Å². The van der Waals surface area contributed by atoms with Crippen LogP contribution in [0.15, 0.2) is 0 Å². The number of esters is 4. The molecule has 92 heavy (non-hydrogen) atoms. The van der Waals surface area contributed by atoms with Gasteiger partial charge in [-0.3, -0.25) is 37.3 Å². The molecule has 0 aromatic rings. The van der Waals surface area contributed by atoms with Crippen molar-refractivity contribution >= 4 is 39.5 Å². The van der Waals surface area contributed by atoms with Crippen LogP contribution in [-0.4, -0.2) is 96.7 Å². The topological polar surface area (TPSA) is 237 Å². The Bertz CT molecular complexity index is 1770. The molecule has 0 radical (unpaired) electrons. The van der Waals surface area contributed by atoms with Gasteiger partial charge in [-0.05, 0) is 31.6 Å². The molecule has 0 spiro atoms. The summed E-state index contributed by atoms with van der Waals surface area (Å²) in [5.74, 6) is -1.33. The first-order chi connectivity index (χ1) is 44.5. The van der Waals surface area contributed by atoms with E-state index in [4.69, 9.17) is 37.0 Å². The van der Waals surface area contributed by atoms with Crippen molar-refractivity contribution in [3.8, 4) is 0 Å². The quantitative estimate of drug-likeness (QED) is 0.0222. The summed E-state index contributed by atoms with van der Waals surface area (Å²) in [7, 11) is -9.90. The van der Waals surface area contributed by atoms with Crippen LogP contribution in [0, 0.1) is 5.92 Å². The van der Waals surface area contributed by atoms with E-state index in [-0.39, 0.29) is 25.7 Å². The highest BCUT2D eigenvalue weighted by Gasteiger charge is 2.30. The summed E-state index contributed by atoms with van der Waals surface area (Å²) >= 11 is 0. The first kappa shape index (κ1) is 90.1. The van der Waals surface area contributed by atoms with Gasteiger partial charge in [-0.2, -0.15) is 0 Å². The highest BCUT2D eigenvalue weighted by Crippen LogP contribution is 2.45. The van der Waals surface area contributed by atoms with Crippen molar-refractivity contribution in [2.75, 3.05) is 39.6 Å². The average Bonchev–Trinajstić information content (AvgIpc) is 1.94. The number of carbonyl (C=O) groups is 4. The maximum atomic E-state index is 13.0. The molecule has 0 aliphatic rings. The Balaban J connectivity index is 5.25. The molecule has 2 unspecified atom stereocenters. The molecule has 0 saturated carbocycles. The van der Waals surface area contributed by atoms with Crippen molar-refractivity contribution in [2.45, 2.75) is 400 Å². The van der Waals surface area contributed by atoms with E-state index >= 15 is 0 Å². The molecular formula is C73H142O17P2. The minimum absolute atomic E-state index is 0.108. The van der Waals surface area contributed by atoms with E-state index in [9.17, 15) is 43.2 Å². The zero-order valence-corrected chi connectivity index (χ0v) is 61.5. The van der Waals surface area contributed by atoms with Crippen LogP contribution in [-0.2, 0) is 65.4 Å². The van der Waals surface area contributed by atoms with Crippen molar-refractivity contribution in [1.82, 2.24) is 0 Å². The Morgan fingerprint density at radius 3 is 0.739 bits per heavy atom. The van der Waals surface area contributed by atoms with Crippen molar-refractivity contribution < 1.29 is 80.2 Å². The van der Waals surface area contributed by atoms with Gasteiger partial charge >= 0.3 is 39.5 Å². The number of aliphatic hydroxyl groups is 1.